The molecule has 0 amide bonds. The lowest BCUT2D eigenvalue weighted by molar-refractivity contribution is -0.150. The highest BCUT2D eigenvalue weighted by Crippen LogP contribution is 2.21. The lowest BCUT2D eigenvalue weighted by Gasteiger charge is -2.20. The second-order valence-electron chi connectivity index (χ2n) is 4.23. The Hall–Kier alpha value is -0.530. The summed E-state index contributed by atoms with van der Waals surface area (Å²) in [4.78, 5) is 11.5. The summed E-state index contributed by atoms with van der Waals surface area (Å²) in [5.74, 6) is 0.962. The predicted molar refractivity (Wildman–Crippen MR) is 61.1 cm³/mol. The number of esters is 1. The zero-order valence-corrected chi connectivity index (χ0v) is 9.46. The van der Waals surface area contributed by atoms with Gasteiger partial charge in [0.2, 0.25) is 0 Å². The molecule has 2 nitrogen and oxygen atoms in total. The van der Waals surface area contributed by atoms with E-state index in [0.29, 0.717) is 18.4 Å². The molecule has 0 aromatic carbocycles. The molecule has 0 aliphatic rings. The van der Waals surface area contributed by atoms with Crippen LogP contribution in [0.1, 0.15) is 48.5 Å². The van der Waals surface area contributed by atoms with Gasteiger partial charge in [-0.05, 0) is 25.2 Å². The summed E-state index contributed by atoms with van der Waals surface area (Å²) in [6.45, 7) is 10.8. The molecule has 2 heteroatoms. The van der Waals surface area contributed by atoms with Crippen molar-refractivity contribution in [2.24, 2.45) is 17.8 Å². The largest absolute Gasteiger partial charge is 0.466 e. The van der Waals surface area contributed by atoms with E-state index in [0.717, 1.165) is 6.42 Å². The Morgan fingerprint density at radius 2 is 1.71 bits per heavy atom. The molecule has 0 aliphatic carbocycles. The molecule has 86 valence electrons. The van der Waals surface area contributed by atoms with Crippen LogP contribution in [0, 0.1) is 17.8 Å². The first-order chi connectivity index (χ1) is 5.99. The van der Waals surface area contributed by atoms with Gasteiger partial charge in [0.15, 0.2) is 0 Å². The Bertz CT molecular complexity index is 150. The second-order valence-corrected chi connectivity index (χ2v) is 4.23. The first-order valence-electron chi connectivity index (χ1n) is 5.15. The summed E-state index contributed by atoms with van der Waals surface area (Å²) in [5.41, 5.74) is 0. The third-order valence-electron chi connectivity index (χ3n) is 2.12. The highest BCUT2D eigenvalue weighted by molar-refractivity contribution is 5.72. The van der Waals surface area contributed by atoms with E-state index in [1.54, 1.807) is 0 Å². The average Bonchev–Trinajstić information content (AvgIpc) is 1.99. The zero-order valence-electron chi connectivity index (χ0n) is 9.46. The maximum Gasteiger partial charge on any atom is 0.309 e. The van der Waals surface area contributed by atoms with Crippen LogP contribution in [0.3, 0.4) is 0 Å². The van der Waals surface area contributed by atoms with Crippen molar-refractivity contribution in [3.05, 3.63) is 0 Å². The van der Waals surface area contributed by atoms with Crippen LogP contribution in [0.25, 0.3) is 0 Å². The fourth-order valence-corrected chi connectivity index (χ4v) is 1.40. The number of rotatable bonds is 5. The Kier molecular flexibility index (Phi) is 8.91. The summed E-state index contributed by atoms with van der Waals surface area (Å²) < 4.78 is 5.03. The summed E-state index contributed by atoms with van der Waals surface area (Å²) >= 11 is 0. The average molecular weight is 202 g/mol. The van der Waals surface area contributed by atoms with Crippen LogP contribution < -0.4 is 0 Å². The van der Waals surface area contributed by atoms with E-state index < -0.39 is 0 Å². The smallest absolute Gasteiger partial charge is 0.309 e. The van der Waals surface area contributed by atoms with Crippen molar-refractivity contribution in [3.63, 3.8) is 0 Å². The van der Waals surface area contributed by atoms with Gasteiger partial charge in [0.25, 0.3) is 0 Å². The van der Waals surface area contributed by atoms with Crippen molar-refractivity contribution in [1.29, 1.82) is 0 Å². The van der Waals surface area contributed by atoms with Crippen LogP contribution in [0.2, 0.25) is 0 Å². The first kappa shape index (κ1) is 15.9. The maximum atomic E-state index is 11.5. The van der Waals surface area contributed by atoms with Gasteiger partial charge in [-0.3, -0.25) is 4.79 Å². The van der Waals surface area contributed by atoms with Crippen LogP contribution in [-0.2, 0) is 9.53 Å². The van der Waals surface area contributed by atoms with E-state index >= 15 is 0 Å². The molecular weight excluding hydrogens is 176 g/mol. The minimum atomic E-state index is -0.0359. The van der Waals surface area contributed by atoms with Crippen LogP contribution in [0.4, 0.5) is 0 Å². The third-order valence-corrected chi connectivity index (χ3v) is 2.12. The molecule has 0 aromatic rings. The Morgan fingerprint density at radius 3 is 2.00 bits per heavy atom. The van der Waals surface area contributed by atoms with E-state index in [4.69, 9.17) is 4.74 Å². The molecule has 0 spiro atoms. The van der Waals surface area contributed by atoms with E-state index in [2.05, 4.69) is 27.7 Å². The van der Waals surface area contributed by atoms with Crippen LogP contribution >= 0.6 is 0 Å². The SMILES string of the molecule is C.CCOC(=O)C(CC(C)C)C(C)C. The normalized spacial score (nSPS) is 12.5. The number of carbonyl (C=O) groups is 1. The first-order valence-corrected chi connectivity index (χ1v) is 5.15. The summed E-state index contributed by atoms with van der Waals surface area (Å²) in [5, 5.41) is 0. The van der Waals surface area contributed by atoms with Crippen molar-refractivity contribution >= 4 is 5.97 Å². The van der Waals surface area contributed by atoms with Crippen molar-refractivity contribution in [3.8, 4) is 0 Å². The van der Waals surface area contributed by atoms with Gasteiger partial charge >= 0.3 is 5.97 Å². The van der Waals surface area contributed by atoms with Crippen LogP contribution in [0.15, 0.2) is 0 Å². The molecule has 1 unspecified atom stereocenters. The fourth-order valence-electron chi connectivity index (χ4n) is 1.40. The van der Waals surface area contributed by atoms with Crippen molar-refractivity contribution in [2.75, 3.05) is 6.61 Å². The van der Waals surface area contributed by atoms with E-state index in [-0.39, 0.29) is 19.3 Å². The highest BCUT2D eigenvalue weighted by atomic mass is 16.5. The lowest BCUT2D eigenvalue weighted by Crippen LogP contribution is -2.24. The van der Waals surface area contributed by atoms with E-state index in [1.807, 2.05) is 6.92 Å². The van der Waals surface area contributed by atoms with Gasteiger partial charge in [0, 0.05) is 0 Å². The van der Waals surface area contributed by atoms with Crippen LogP contribution in [0.5, 0.6) is 0 Å². The summed E-state index contributed by atoms with van der Waals surface area (Å²) in [6.07, 6.45) is 0.927. The predicted octanol–water partition coefficient (Wildman–Crippen LogP) is 3.50. The standard InChI is InChI=1S/C11H22O2.CH4/c1-6-13-11(12)10(9(4)5)7-8(2)3;/h8-10H,6-7H2,1-5H3;1H4. The second kappa shape index (κ2) is 7.84. The summed E-state index contributed by atoms with van der Waals surface area (Å²) in [7, 11) is 0. The lowest BCUT2D eigenvalue weighted by atomic mass is 9.88. The topological polar surface area (TPSA) is 26.3 Å². The minimum Gasteiger partial charge on any atom is -0.466 e. The van der Waals surface area contributed by atoms with Crippen molar-refractivity contribution in [1.82, 2.24) is 0 Å². The van der Waals surface area contributed by atoms with Gasteiger partial charge in [0.1, 0.15) is 0 Å². The van der Waals surface area contributed by atoms with Gasteiger partial charge in [-0.2, -0.15) is 0 Å². The van der Waals surface area contributed by atoms with Gasteiger partial charge in [-0.1, -0.05) is 35.1 Å². The van der Waals surface area contributed by atoms with Gasteiger partial charge in [-0.25, -0.2) is 0 Å². The molecule has 0 heterocycles. The number of hydrogen-bond acceptors (Lipinski definition) is 2. The molecule has 0 fully saturated rings. The molecule has 0 aromatic heterocycles. The Balaban J connectivity index is 0. The number of hydrogen-bond donors (Lipinski definition) is 0. The molecule has 0 saturated carbocycles. The fraction of sp³-hybridized carbons (Fsp3) is 0.917. The number of ether oxygens (including phenoxy) is 1. The van der Waals surface area contributed by atoms with E-state index in [1.165, 1.54) is 0 Å². The molecule has 0 N–H and O–H groups in total. The maximum absolute atomic E-state index is 11.5. The van der Waals surface area contributed by atoms with Gasteiger partial charge in [-0.15, -0.1) is 0 Å². The van der Waals surface area contributed by atoms with Crippen LogP contribution in [-0.4, -0.2) is 12.6 Å². The molecule has 1 atom stereocenters. The summed E-state index contributed by atoms with van der Waals surface area (Å²) in [6, 6.07) is 0. The van der Waals surface area contributed by atoms with E-state index in [9.17, 15) is 4.79 Å². The Morgan fingerprint density at radius 1 is 1.21 bits per heavy atom. The molecule has 0 bridgehead atoms. The van der Waals surface area contributed by atoms with Gasteiger partial charge in [0.05, 0.1) is 12.5 Å². The Labute approximate surface area is 89.0 Å². The molecule has 0 saturated heterocycles. The van der Waals surface area contributed by atoms with Crippen molar-refractivity contribution in [2.45, 2.75) is 48.5 Å². The van der Waals surface area contributed by atoms with Gasteiger partial charge < -0.3 is 4.74 Å². The molecule has 0 rings (SSSR count). The quantitative estimate of drug-likeness (QED) is 0.638. The molecular formula is C12H26O2. The highest BCUT2D eigenvalue weighted by Gasteiger charge is 2.23. The molecule has 14 heavy (non-hydrogen) atoms. The molecule has 0 aliphatic heterocycles. The number of carbonyl (C=O) groups excluding carboxylic acids is 1. The minimum absolute atomic E-state index is 0. The zero-order chi connectivity index (χ0) is 10.4. The monoisotopic (exact) mass is 202 g/mol. The third kappa shape index (κ3) is 6.01. The molecule has 0 radical (unpaired) electrons. The van der Waals surface area contributed by atoms with Crippen molar-refractivity contribution < 1.29 is 9.53 Å².